The van der Waals surface area contributed by atoms with Crippen molar-refractivity contribution in [2.24, 2.45) is 0 Å². The number of fused-ring (bicyclic) bond motifs is 2. The zero-order valence-electron chi connectivity index (χ0n) is 14.2. The highest BCUT2D eigenvalue weighted by Crippen LogP contribution is 2.27. The standard InChI is InChI=1S/C9H9ClN2.C9H10N2O/c1-5-3-7-8(4-5)11-6(2)12-9(7)10;1-5-3-7-8(4-5)10-6(2)11-9(7)12/h4H,3H2,1-2H3;4H,3H2,1-2H3,(H,10,11,12). The Kier molecular flexibility index (Phi) is 4.37. The molecule has 2 aliphatic rings. The van der Waals surface area contributed by atoms with E-state index in [1.807, 2.05) is 19.9 Å². The van der Waals surface area contributed by atoms with Gasteiger partial charge in [-0.1, -0.05) is 22.7 Å². The molecule has 0 aliphatic heterocycles. The van der Waals surface area contributed by atoms with Crippen LogP contribution in [0.1, 0.15) is 48.0 Å². The Labute approximate surface area is 145 Å². The number of nitrogens with zero attached hydrogens (tertiary/aromatic N) is 3. The van der Waals surface area contributed by atoms with Gasteiger partial charge in [-0.25, -0.2) is 15.0 Å². The van der Waals surface area contributed by atoms with E-state index in [0.29, 0.717) is 11.0 Å². The first-order chi connectivity index (χ1) is 11.3. The Balaban J connectivity index is 0.000000141. The minimum Gasteiger partial charge on any atom is -0.311 e. The van der Waals surface area contributed by atoms with E-state index in [0.717, 1.165) is 41.2 Å². The van der Waals surface area contributed by atoms with Crippen LogP contribution in [0.5, 0.6) is 0 Å². The molecule has 0 fully saturated rings. The highest BCUT2D eigenvalue weighted by Gasteiger charge is 2.16. The molecule has 2 aromatic rings. The molecule has 124 valence electrons. The van der Waals surface area contributed by atoms with E-state index in [9.17, 15) is 4.79 Å². The Morgan fingerprint density at radius 3 is 2.17 bits per heavy atom. The number of halogens is 1. The largest absolute Gasteiger partial charge is 0.311 e. The second-order valence-electron chi connectivity index (χ2n) is 6.28. The van der Waals surface area contributed by atoms with Gasteiger partial charge >= 0.3 is 0 Å². The van der Waals surface area contributed by atoms with Gasteiger partial charge in [0.2, 0.25) is 0 Å². The monoisotopic (exact) mass is 342 g/mol. The molecule has 0 unspecified atom stereocenters. The summed E-state index contributed by atoms with van der Waals surface area (Å²) in [6.07, 6.45) is 5.68. The summed E-state index contributed by atoms with van der Waals surface area (Å²) in [6.45, 7) is 7.74. The van der Waals surface area contributed by atoms with Gasteiger partial charge in [-0.3, -0.25) is 4.79 Å². The Morgan fingerprint density at radius 1 is 0.917 bits per heavy atom. The lowest BCUT2D eigenvalue weighted by Gasteiger charge is -2.00. The summed E-state index contributed by atoms with van der Waals surface area (Å²) >= 11 is 5.96. The van der Waals surface area contributed by atoms with E-state index >= 15 is 0 Å². The van der Waals surface area contributed by atoms with Crippen molar-refractivity contribution in [3.05, 3.63) is 60.8 Å². The van der Waals surface area contributed by atoms with Crippen molar-refractivity contribution in [3.63, 3.8) is 0 Å². The van der Waals surface area contributed by atoms with E-state index in [1.165, 1.54) is 11.1 Å². The van der Waals surface area contributed by atoms with Gasteiger partial charge in [0.05, 0.1) is 11.4 Å². The molecule has 2 aromatic heterocycles. The molecule has 0 saturated carbocycles. The Hall–Kier alpha value is -2.27. The lowest BCUT2D eigenvalue weighted by molar-refractivity contribution is 0.970. The lowest BCUT2D eigenvalue weighted by atomic mass is 10.2. The van der Waals surface area contributed by atoms with Crippen LogP contribution in [0.3, 0.4) is 0 Å². The number of allylic oxidation sites excluding steroid dienone is 2. The number of hydrogen-bond donors (Lipinski definition) is 1. The van der Waals surface area contributed by atoms with Crippen LogP contribution in [0.2, 0.25) is 5.15 Å². The smallest absolute Gasteiger partial charge is 0.254 e. The van der Waals surface area contributed by atoms with Crippen molar-refractivity contribution in [1.29, 1.82) is 0 Å². The van der Waals surface area contributed by atoms with Crippen LogP contribution in [0.4, 0.5) is 0 Å². The zero-order valence-corrected chi connectivity index (χ0v) is 15.0. The third-order valence-electron chi connectivity index (χ3n) is 3.94. The van der Waals surface area contributed by atoms with Gasteiger partial charge in [-0.2, -0.15) is 0 Å². The first-order valence-corrected chi connectivity index (χ1v) is 8.18. The van der Waals surface area contributed by atoms with Crippen molar-refractivity contribution in [3.8, 4) is 0 Å². The second kappa shape index (κ2) is 6.32. The minimum absolute atomic E-state index is 0.00519. The van der Waals surface area contributed by atoms with Gasteiger partial charge in [-0.15, -0.1) is 0 Å². The number of H-pyrrole nitrogens is 1. The van der Waals surface area contributed by atoms with Crippen LogP contribution in [0, 0.1) is 13.8 Å². The van der Waals surface area contributed by atoms with Crippen LogP contribution in [0.15, 0.2) is 15.9 Å². The van der Waals surface area contributed by atoms with E-state index in [4.69, 9.17) is 11.6 Å². The van der Waals surface area contributed by atoms with Crippen molar-refractivity contribution < 1.29 is 0 Å². The summed E-state index contributed by atoms with van der Waals surface area (Å²) in [6, 6.07) is 0. The van der Waals surface area contributed by atoms with Crippen molar-refractivity contribution in [2.75, 3.05) is 0 Å². The molecule has 6 heteroatoms. The molecule has 0 saturated heterocycles. The first kappa shape index (κ1) is 16.6. The maximum absolute atomic E-state index is 11.3. The highest BCUT2D eigenvalue weighted by molar-refractivity contribution is 6.30. The molecule has 24 heavy (non-hydrogen) atoms. The number of aromatic nitrogens is 4. The summed E-state index contributed by atoms with van der Waals surface area (Å²) in [5.74, 6) is 1.43. The van der Waals surface area contributed by atoms with Crippen LogP contribution < -0.4 is 5.56 Å². The van der Waals surface area contributed by atoms with Gasteiger partial charge < -0.3 is 4.98 Å². The van der Waals surface area contributed by atoms with Crippen molar-refractivity contribution in [1.82, 2.24) is 19.9 Å². The molecule has 2 aliphatic carbocycles. The van der Waals surface area contributed by atoms with Crippen LogP contribution >= 0.6 is 11.6 Å². The first-order valence-electron chi connectivity index (χ1n) is 7.80. The normalized spacial score (nSPS) is 14.4. The third kappa shape index (κ3) is 3.31. The van der Waals surface area contributed by atoms with Gasteiger partial charge in [0.25, 0.3) is 5.56 Å². The van der Waals surface area contributed by atoms with Crippen molar-refractivity contribution >= 4 is 23.8 Å². The second-order valence-corrected chi connectivity index (χ2v) is 6.63. The van der Waals surface area contributed by atoms with Crippen molar-refractivity contribution in [2.45, 2.75) is 40.5 Å². The molecule has 0 atom stereocenters. The van der Waals surface area contributed by atoms with E-state index < -0.39 is 0 Å². The fraction of sp³-hybridized carbons (Fsp3) is 0.333. The van der Waals surface area contributed by atoms with Crippen LogP contribution in [-0.2, 0) is 12.8 Å². The molecule has 0 aromatic carbocycles. The summed E-state index contributed by atoms with van der Waals surface area (Å²) < 4.78 is 0. The summed E-state index contributed by atoms with van der Waals surface area (Å²) in [5.41, 5.74) is 6.21. The molecular weight excluding hydrogens is 324 g/mol. The maximum Gasteiger partial charge on any atom is 0.254 e. The molecule has 4 rings (SSSR count). The third-order valence-corrected chi connectivity index (χ3v) is 4.26. The average Bonchev–Trinajstić information content (AvgIpc) is 3.01. The minimum atomic E-state index is 0.00519. The molecule has 0 spiro atoms. The molecular formula is C18H19ClN4O. The van der Waals surface area contributed by atoms with Gasteiger partial charge in [-0.05, 0) is 46.3 Å². The van der Waals surface area contributed by atoms with E-state index in [-0.39, 0.29) is 5.56 Å². The number of hydrogen-bond acceptors (Lipinski definition) is 4. The number of nitrogens with one attached hydrogen (secondary N) is 1. The predicted octanol–water partition coefficient (Wildman–Crippen LogP) is 3.44. The van der Waals surface area contributed by atoms with Gasteiger partial charge in [0.15, 0.2) is 0 Å². The molecule has 1 N–H and O–H groups in total. The SMILES string of the molecule is CC1=Cc2nc(C)[nH]c(=O)c2C1.CC1=Cc2nc(C)nc(Cl)c2C1. The van der Waals surface area contributed by atoms with Crippen LogP contribution in [0.25, 0.3) is 12.2 Å². The Morgan fingerprint density at radius 2 is 1.50 bits per heavy atom. The molecule has 0 bridgehead atoms. The predicted molar refractivity (Wildman–Crippen MR) is 96.1 cm³/mol. The molecule has 2 heterocycles. The molecule has 0 amide bonds. The summed E-state index contributed by atoms with van der Waals surface area (Å²) in [5, 5.41) is 0.602. The average molecular weight is 343 g/mol. The Bertz CT molecular complexity index is 941. The number of rotatable bonds is 0. The quantitative estimate of drug-likeness (QED) is 0.744. The summed E-state index contributed by atoms with van der Waals surface area (Å²) in [7, 11) is 0. The lowest BCUT2D eigenvalue weighted by Crippen LogP contribution is -2.15. The fourth-order valence-corrected chi connectivity index (χ4v) is 3.20. The van der Waals surface area contributed by atoms with Gasteiger partial charge in [0.1, 0.15) is 16.8 Å². The number of aromatic amines is 1. The van der Waals surface area contributed by atoms with E-state index in [2.05, 4.69) is 32.9 Å². The zero-order chi connectivity index (χ0) is 17.4. The molecule has 0 radical (unpaired) electrons. The molecule has 5 nitrogen and oxygen atoms in total. The summed E-state index contributed by atoms with van der Waals surface area (Å²) in [4.78, 5) is 26.7. The highest BCUT2D eigenvalue weighted by atomic mass is 35.5. The topological polar surface area (TPSA) is 71.5 Å². The van der Waals surface area contributed by atoms with Gasteiger partial charge in [0, 0.05) is 17.5 Å². The number of aryl methyl sites for hydroxylation is 2. The maximum atomic E-state index is 11.3. The van der Waals surface area contributed by atoms with E-state index in [1.54, 1.807) is 6.92 Å². The van der Waals surface area contributed by atoms with Crippen LogP contribution in [-0.4, -0.2) is 19.9 Å². The fourth-order valence-electron chi connectivity index (χ4n) is 2.91.